The van der Waals surface area contributed by atoms with Crippen molar-refractivity contribution in [1.82, 2.24) is 4.72 Å². The fraction of sp³-hybridized carbons (Fsp3) is 0.231. The summed E-state index contributed by atoms with van der Waals surface area (Å²) in [5.41, 5.74) is 0.176. The van der Waals surface area contributed by atoms with Gasteiger partial charge in [-0.05, 0) is 35.6 Å². The number of aliphatic hydroxyl groups is 1. The van der Waals surface area contributed by atoms with Crippen molar-refractivity contribution < 1.29 is 17.9 Å². The van der Waals surface area contributed by atoms with E-state index in [-0.39, 0.29) is 17.0 Å². The SMILES string of the molecule is O=S(=O)(NCCc1cccs1)c1cc(F)ccc1CO. The number of aliphatic hydroxyl groups excluding tert-OH is 1. The number of nitrogens with one attached hydrogen (secondary N) is 1. The summed E-state index contributed by atoms with van der Waals surface area (Å²) in [4.78, 5) is 0.848. The van der Waals surface area contributed by atoms with Crippen molar-refractivity contribution >= 4 is 21.4 Å². The molecule has 0 spiro atoms. The molecule has 2 rings (SSSR count). The predicted molar refractivity (Wildman–Crippen MR) is 75.5 cm³/mol. The Balaban J connectivity index is 2.11. The number of halogens is 1. The summed E-state index contributed by atoms with van der Waals surface area (Å²) in [7, 11) is -3.82. The van der Waals surface area contributed by atoms with Crippen LogP contribution in [0.2, 0.25) is 0 Å². The van der Waals surface area contributed by atoms with Gasteiger partial charge in [-0.25, -0.2) is 17.5 Å². The Hall–Kier alpha value is -1.28. The zero-order valence-electron chi connectivity index (χ0n) is 10.5. The number of hydrogen-bond donors (Lipinski definition) is 2. The van der Waals surface area contributed by atoms with Crippen molar-refractivity contribution in [3.8, 4) is 0 Å². The summed E-state index contributed by atoms with van der Waals surface area (Å²) >= 11 is 1.54. The van der Waals surface area contributed by atoms with Gasteiger partial charge in [0.25, 0.3) is 0 Å². The maximum Gasteiger partial charge on any atom is 0.241 e. The van der Waals surface area contributed by atoms with Crippen LogP contribution in [0.3, 0.4) is 0 Å². The second kappa shape index (κ2) is 6.45. The zero-order valence-corrected chi connectivity index (χ0v) is 12.2. The molecule has 2 aromatic rings. The van der Waals surface area contributed by atoms with Gasteiger partial charge in [-0.2, -0.15) is 0 Å². The molecule has 0 aliphatic rings. The smallest absolute Gasteiger partial charge is 0.241 e. The molecule has 0 bridgehead atoms. The molecule has 1 aromatic heterocycles. The number of hydrogen-bond acceptors (Lipinski definition) is 4. The molecule has 0 saturated carbocycles. The van der Waals surface area contributed by atoms with Crippen LogP contribution in [0, 0.1) is 5.82 Å². The molecule has 4 nitrogen and oxygen atoms in total. The topological polar surface area (TPSA) is 66.4 Å². The highest BCUT2D eigenvalue weighted by Gasteiger charge is 2.18. The van der Waals surface area contributed by atoms with E-state index < -0.39 is 22.4 Å². The molecule has 0 aliphatic carbocycles. The first-order valence-corrected chi connectivity index (χ1v) is 8.30. The van der Waals surface area contributed by atoms with Crippen LogP contribution in [-0.2, 0) is 23.1 Å². The fourth-order valence-electron chi connectivity index (χ4n) is 1.75. The van der Waals surface area contributed by atoms with E-state index in [2.05, 4.69) is 4.72 Å². The van der Waals surface area contributed by atoms with Crippen molar-refractivity contribution in [3.05, 3.63) is 52.0 Å². The lowest BCUT2D eigenvalue weighted by atomic mass is 10.2. The van der Waals surface area contributed by atoms with Crippen LogP contribution in [0.1, 0.15) is 10.4 Å². The maximum atomic E-state index is 13.2. The van der Waals surface area contributed by atoms with Crippen LogP contribution in [0.25, 0.3) is 0 Å². The lowest BCUT2D eigenvalue weighted by molar-refractivity contribution is 0.278. The van der Waals surface area contributed by atoms with Gasteiger partial charge in [0.2, 0.25) is 10.0 Å². The first kappa shape index (κ1) is 15.1. The summed E-state index contributed by atoms with van der Waals surface area (Å²) in [6.45, 7) is -0.230. The maximum absolute atomic E-state index is 13.2. The lowest BCUT2D eigenvalue weighted by Crippen LogP contribution is -2.27. The monoisotopic (exact) mass is 315 g/mol. The van der Waals surface area contributed by atoms with Crippen molar-refractivity contribution in [2.75, 3.05) is 6.54 Å². The Morgan fingerprint density at radius 2 is 2.10 bits per heavy atom. The number of sulfonamides is 1. The Morgan fingerprint density at radius 1 is 1.30 bits per heavy atom. The molecule has 0 radical (unpaired) electrons. The van der Waals surface area contributed by atoms with Gasteiger partial charge in [-0.3, -0.25) is 0 Å². The van der Waals surface area contributed by atoms with E-state index in [1.54, 1.807) is 11.3 Å². The van der Waals surface area contributed by atoms with Crippen LogP contribution in [0.4, 0.5) is 4.39 Å². The molecule has 0 atom stereocenters. The van der Waals surface area contributed by atoms with E-state index in [1.165, 1.54) is 6.07 Å². The van der Waals surface area contributed by atoms with E-state index in [0.29, 0.717) is 6.42 Å². The summed E-state index contributed by atoms with van der Waals surface area (Å²) < 4.78 is 39.8. The zero-order chi connectivity index (χ0) is 14.6. The molecule has 0 unspecified atom stereocenters. The van der Waals surface area contributed by atoms with Gasteiger partial charge < -0.3 is 5.11 Å². The van der Waals surface area contributed by atoms with E-state index in [0.717, 1.165) is 17.0 Å². The Labute approximate surface area is 120 Å². The molecule has 0 saturated heterocycles. The molecule has 0 aliphatic heterocycles. The third kappa shape index (κ3) is 3.63. The summed E-state index contributed by atoms with van der Waals surface area (Å²) in [5, 5.41) is 11.1. The fourth-order valence-corrected chi connectivity index (χ4v) is 3.73. The normalized spacial score (nSPS) is 11.7. The second-order valence-electron chi connectivity index (χ2n) is 4.14. The predicted octanol–water partition coefficient (Wildman–Crippen LogP) is 1.90. The highest BCUT2D eigenvalue weighted by atomic mass is 32.2. The van der Waals surface area contributed by atoms with Gasteiger partial charge in [0.05, 0.1) is 11.5 Å². The van der Waals surface area contributed by atoms with E-state index in [1.807, 2.05) is 17.5 Å². The van der Waals surface area contributed by atoms with Crippen LogP contribution in [0.15, 0.2) is 40.6 Å². The van der Waals surface area contributed by atoms with Crippen LogP contribution < -0.4 is 4.72 Å². The molecular weight excluding hydrogens is 301 g/mol. The highest BCUT2D eigenvalue weighted by molar-refractivity contribution is 7.89. The minimum absolute atomic E-state index is 0.176. The van der Waals surface area contributed by atoms with Crippen molar-refractivity contribution in [2.24, 2.45) is 0 Å². The molecule has 1 heterocycles. The first-order valence-electron chi connectivity index (χ1n) is 5.94. The van der Waals surface area contributed by atoms with Crippen LogP contribution in [-0.4, -0.2) is 20.1 Å². The van der Waals surface area contributed by atoms with Gasteiger partial charge in [-0.1, -0.05) is 12.1 Å². The minimum Gasteiger partial charge on any atom is -0.392 e. The van der Waals surface area contributed by atoms with Gasteiger partial charge in [0.1, 0.15) is 5.82 Å². The van der Waals surface area contributed by atoms with Gasteiger partial charge in [0, 0.05) is 11.4 Å². The van der Waals surface area contributed by atoms with Crippen LogP contribution >= 0.6 is 11.3 Å². The third-order valence-electron chi connectivity index (χ3n) is 2.73. The first-order chi connectivity index (χ1) is 9.53. The average molecular weight is 315 g/mol. The summed E-state index contributed by atoms with van der Waals surface area (Å²) in [5.74, 6) is -0.652. The van der Waals surface area contributed by atoms with E-state index in [4.69, 9.17) is 5.11 Å². The number of rotatable bonds is 6. The molecule has 1 aromatic carbocycles. The Kier molecular flexibility index (Phi) is 4.87. The van der Waals surface area contributed by atoms with E-state index in [9.17, 15) is 12.8 Å². The van der Waals surface area contributed by atoms with Gasteiger partial charge >= 0.3 is 0 Å². The van der Waals surface area contributed by atoms with Crippen molar-refractivity contribution in [3.63, 3.8) is 0 Å². The molecular formula is C13H14FNO3S2. The molecule has 0 fully saturated rings. The molecule has 108 valence electrons. The Bertz CT molecular complexity index is 669. The molecule has 2 N–H and O–H groups in total. The largest absolute Gasteiger partial charge is 0.392 e. The Morgan fingerprint density at radius 3 is 2.75 bits per heavy atom. The van der Waals surface area contributed by atoms with Crippen LogP contribution in [0.5, 0.6) is 0 Å². The molecule has 20 heavy (non-hydrogen) atoms. The third-order valence-corrected chi connectivity index (χ3v) is 5.21. The van der Waals surface area contributed by atoms with Gasteiger partial charge in [0.15, 0.2) is 0 Å². The highest BCUT2D eigenvalue weighted by Crippen LogP contribution is 2.17. The van der Waals surface area contributed by atoms with Crippen molar-refractivity contribution in [1.29, 1.82) is 0 Å². The average Bonchev–Trinajstić information content (AvgIpc) is 2.91. The second-order valence-corrected chi connectivity index (χ2v) is 6.90. The number of benzene rings is 1. The van der Waals surface area contributed by atoms with Crippen molar-refractivity contribution in [2.45, 2.75) is 17.9 Å². The summed E-state index contributed by atoms with van der Waals surface area (Å²) in [6.07, 6.45) is 0.570. The lowest BCUT2D eigenvalue weighted by Gasteiger charge is -2.10. The standard InChI is InChI=1S/C13H14FNO3S2/c14-11-4-3-10(9-16)13(8-11)20(17,18)15-6-5-12-2-1-7-19-12/h1-4,7-8,15-16H,5-6,9H2. The van der Waals surface area contributed by atoms with Gasteiger partial charge in [-0.15, -0.1) is 11.3 Å². The molecule has 7 heteroatoms. The number of thiophene rings is 1. The van der Waals surface area contributed by atoms with E-state index >= 15 is 0 Å². The minimum atomic E-state index is -3.82. The summed E-state index contributed by atoms with van der Waals surface area (Å²) in [6, 6.07) is 7.11. The molecule has 0 amide bonds. The quantitative estimate of drug-likeness (QED) is 0.855.